The molecule has 1 aliphatic heterocycles. The average Bonchev–Trinajstić information content (AvgIpc) is 2.75. The van der Waals surface area contributed by atoms with Crippen LogP contribution >= 0.6 is 0 Å². The van der Waals surface area contributed by atoms with E-state index in [1.165, 1.54) is 0 Å². The fourth-order valence-electron chi connectivity index (χ4n) is 2.73. The Bertz CT molecular complexity index is 463. The predicted molar refractivity (Wildman–Crippen MR) is 78.2 cm³/mol. The zero-order chi connectivity index (χ0) is 13.8. The van der Waals surface area contributed by atoms with Crippen LogP contribution in [0, 0.1) is 11.3 Å². The van der Waals surface area contributed by atoms with E-state index in [1.807, 2.05) is 0 Å². The smallest absolute Gasteiger partial charge is 0.133 e. The molecule has 0 radical (unpaired) electrons. The third-order valence-electron chi connectivity index (χ3n) is 3.78. The van der Waals surface area contributed by atoms with Crippen molar-refractivity contribution in [1.82, 2.24) is 9.47 Å². The lowest BCUT2D eigenvalue weighted by Gasteiger charge is -2.36. The second-order valence-electron chi connectivity index (χ2n) is 4.99. The molecule has 2 N–H and O–H groups in total. The Morgan fingerprint density at radius 3 is 2.47 bits per heavy atom. The standard InChI is InChI=1S/C14H23N5/c1-3-5-19-12(11-15)10-13(16)14(19)18-8-6-17(4-2)7-9-18/h10H,3-9,16H2,1-2H3. The number of likely N-dealkylation sites (N-methyl/N-ethyl adjacent to an activating group) is 1. The molecule has 0 spiro atoms. The van der Waals surface area contributed by atoms with Crippen molar-refractivity contribution in [2.45, 2.75) is 26.8 Å². The van der Waals surface area contributed by atoms with Crippen LogP contribution in [0.15, 0.2) is 6.07 Å². The van der Waals surface area contributed by atoms with Crippen molar-refractivity contribution < 1.29 is 0 Å². The number of nitrogen functional groups attached to an aromatic ring is 1. The van der Waals surface area contributed by atoms with Crippen molar-refractivity contribution in [2.24, 2.45) is 0 Å². The monoisotopic (exact) mass is 261 g/mol. The molecule has 19 heavy (non-hydrogen) atoms. The predicted octanol–water partition coefficient (Wildman–Crippen LogP) is 1.49. The molecule has 1 saturated heterocycles. The Morgan fingerprint density at radius 1 is 1.26 bits per heavy atom. The molecule has 1 fully saturated rings. The van der Waals surface area contributed by atoms with Crippen molar-refractivity contribution in [1.29, 1.82) is 5.26 Å². The highest BCUT2D eigenvalue weighted by Gasteiger charge is 2.22. The van der Waals surface area contributed by atoms with Crippen LogP contribution in [0.25, 0.3) is 0 Å². The molecular weight excluding hydrogens is 238 g/mol. The summed E-state index contributed by atoms with van der Waals surface area (Å²) in [5.41, 5.74) is 7.52. The first-order chi connectivity index (χ1) is 9.21. The number of piperazine rings is 1. The van der Waals surface area contributed by atoms with Gasteiger partial charge in [0.25, 0.3) is 0 Å². The van der Waals surface area contributed by atoms with Crippen molar-refractivity contribution in [3.05, 3.63) is 11.8 Å². The topological polar surface area (TPSA) is 61.2 Å². The van der Waals surface area contributed by atoms with Crippen molar-refractivity contribution >= 4 is 11.5 Å². The Morgan fingerprint density at radius 2 is 1.95 bits per heavy atom. The van der Waals surface area contributed by atoms with Gasteiger partial charge in [0.1, 0.15) is 17.6 Å². The maximum atomic E-state index is 9.21. The summed E-state index contributed by atoms with van der Waals surface area (Å²) in [5.74, 6) is 1.04. The first kappa shape index (κ1) is 13.8. The number of rotatable bonds is 4. The van der Waals surface area contributed by atoms with Gasteiger partial charge in [0.05, 0.1) is 5.69 Å². The summed E-state index contributed by atoms with van der Waals surface area (Å²) in [7, 11) is 0. The maximum Gasteiger partial charge on any atom is 0.133 e. The van der Waals surface area contributed by atoms with Gasteiger partial charge < -0.3 is 20.1 Å². The minimum absolute atomic E-state index is 0.673. The Labute approximate surface area is 115 Å². The quantitative estimate of drug-likeness (QED) is 0.892. The highest BCUT2D eigenvalue weighted by molar-refractivity contribution is 5.68. The first-order valence-corrected chi connectivity index (χ1v) is 7.07. The van der Waals surface area contributed by atoms with Crippen LogP contribution < -0.4 is 10.6 Å². The molecule has 1 aromatic rings. The van der Waals surface area contributed by atoms with Gasteiger partial charge in [0.15, 0.2) is 0 Å². The number of anilines is 2. The summed E-state index contributed by atoms with van der Waals surface area (Å²) in [6, 6.07) is 4.05. The fourth-order valence-corrected chi connectivity index (χ4v) is 2.73. The van der Waals surface area contributed by atoms with E-state index in [4.69, 9.17) is 5.73 Å². The highest BCUT2D eigenvalue weighted by Crippen LogP contribution is 2.29. The van der Waals surface area contributed by atoms with Gasteiger partial charge in [-0.1, -0.05) is 13.8 Å². The van der Waals surface area contributed by atoms with E-state index < -0.39 is 0 Å². The summed E-state index contributed by atoms with van der Waals surface area (Å²) in [4.78, 5) is 4.75. The Balaban J connectivity index is 2.24. The van der Waals surface area contributed by atoms with Crippen LogP contribution in [0.2, 0.25) is 0 Å². The molecule has 2 heterocycles. The van der Waals surface area contributed by atoms with Crippen LogP contribution in [0.1, 0.15) is 26.0 Å². The molecule has 0 bridgehead atoms. The number of nitriles is 1. The minimum Gasteiger partial charge on any atom is -0.396 e. The van der Waals surface area contributed by atoms with E-state index in [0.29, 0.717) is 5.69 Å². The van der Waals surface area contributed by atoms with Crippen molar-refractivity contribution in [3.8, 4) is 6.07 Å². The molecule has 0 unspecified atom stereocenters. The minimum atomic E-state index is 0.673. The molecule has 1 aromatic heterocycles. The van der Waals surface area contributed by atoms with Gasteiger partial charge >= 0.3 is 0 Å². The van der Waals surface area contributed by atoms with Crippen LogP contribution in [0.5, 0.6) is 0 Å². The van der Waals surface area contributed by atoms with Gasteiger partial charge in [-0.3, -0.25) is 0 Å². The molecule has 2 rings (SSSR count). The van der Waals surface area contributed by atoms with Gasteiger partial charge in [-0.2, -0.15) is 5.26 Å². The normalized spacial score (nSPS) is 16.6. The van der Waals surface area contributed by atoms with Gasteiger partial charge in [-0.05, 0) is 19.0 Å². The zero-order valence-corrected chi connectivity index (χ0v) is 11.9. The largest absolute Gasteiger partial charge is 0.396 e. The Hall–Kier alpha value is -1.67. The molecule has 0 atom stereocenters. The van der Waals surface area contributed by atoms with Crippen LogP contribution in [0.3, 0.4) is 0 Å². The van der Waals surface area contributed by atoms with Gasteiger partial charge in [-0.15, -0.1) is 0 Å². The van der Waals surface area contributed by atoms with E-state index in [1.54, 1.807) is 6.07 Å². The molecular formula is C14H23N5. The van der Waals surface area contributed by atoms with Crippen LogP contribution in [-0.4, -0.2) is 42.2 Å². The molecule has 0 saturated carbocycles. The van der Waals surface area contributed by atoms with E-state index in [2.05, 4.69) is 34.3 Å². The zero-order valence-electron chi connectivity index (χ0n) is 11.9. The summed E-state index contributed by atoms with van der Waals surface area (Å²) in [6.45, 7) is 10.4. The average molecular weight is 261 g/mol. The van der Waals surface area contributed by atoms with Crippen LogP contribution in [-0.2, 0) is 6.54 Å². The molecule has 0 amide bonds. The van der Waals surface area contributed by atoms with Crippen molar-refractivity contribution in [3.63, 3.8) is 0 Å². The van der Waals surface area contributed by atoms with E-state index in [0.717, 1.165) is 57.2 Å². The second-order valence-corrected chi connectivity index (χ2v) is 4.99. The summed E-state index contributed by atoms with van der Waals surface area (Å²) in [6.07, 6.45) is 1.00. The van der Waals surface area contributed by atoms with E-state index in [9.17, 15) is 5.26 Å². The first-order valence-electron chi connectivity index (χ1n) is 7.07. The fraction of sp³-hybridized carbons (Fsp3) is 0.643. The molecule has 0 aromatic carbocycles. The number of nitrogens with zero attached hydrogens (tertiary/aromatic N) is 4. The lowest BCUT2D eigenvalue weighted by atomic mass is 10.3. The van der Waals surface area contributed by atoms with E-state index >= 15 is 0 Å². The lowest BCUT2D eigenvalue weighted by Crippen LogP contribution is -2.47. The van der Waals surface area contributed by atoms with Gasteiger partial charge in [0, 0.05) is 32.7 Å². The number of hydrogen-bond acceptors (Lipinski definition) is 4. The van der Waals surface area contributed by atoms with E-state index in [-0.39, 0.29) is 0 Å². The molecule has 5 nitrogen and oxygen atoms in total. The summed E-state index contributed by atoms with van der Waals surface area (Å²) >= 11 is 0. The third kappa shape index (κ3) is 2.69. The summed E-state index contributed by atoms with van der Waals surface area (Å²) < 4.78 is 2.07. The maximum absolute atomic E-state index is 9.21. The van der Waals surface area contributed by atoms with Crippen molar-refractivity contribution in [2.75, 3.05) is 43.4 Å². The molecule has 0 aliphatic carbocycles. The number of nitrogens with two attached hydrogens (primary N) is 1. The van der Waals surface area contributed by atoms with Gasteiger partial charge in [-0.25, -0.2) is 0 Å². The van der Waals surface area contributed by atoms with Gasteiger partial charge in [0.2, 0.25) is 0 Å². The lowest BCUT2D eigenvalue weighted by molar-refractivity contribution is 0.270. The summed E-state index contributed by atoms with van der Waals surface area (Å²) in [5, 5.41) is 9.21. The second kappa shape index (κ2) is 5.98. The number of hydrogen-bond donors (Lipinski definition) is 1. The van der Waals surface area contributed by atoms with Crippen LogP contribution in [0.4, 0.5) is 11.5 Å². The third-order valence-corrected chi connectivity index (χ3v) is 3.78. The molecule has 5 heteroatoms. The molecule has 1 aliphatic rings. The Kier molecular flexibility index (Phi) is 4.33. The SMILES string of the molecule is CCCn1c(C#N)cc(N)c1N1CCN(CC)CC1. The number of aromatic nitrogens is 1. The molecule has 104 valence electrons. The highest BCUT2D eigenvalue weighted by atomic mass is 15.3.